The number of methoxy groups -OCH3 is 1. The molecular weight excluding hydrogens is 466 g/mol. The van der Waals surface area contributed by atoms with Crippen molar-refractivity contribution in [1.82, 2.24) is 9.88 Å². The number of carbonyl (C=O) groups excluding carboxylic acids is 2. The second-order valence-electron chi connectivity index (χ2n) is 9.73. The van der Waals surface area contributed by atoms with Crippen LogP contribution in [0.5, 0.6) is 11.5 Å². The molecule has 7 nitrogen and oxygen atoms in total. The van der Waals surface area contributed by atoms with E-state index in [0.717, 1.165) is 41.8 Å². The third kappa shape index (κ3) is 5.93. The lowest BCUT2D eigenvalue weighted by Gasteiger charge is -2.25. The smallest absolute Gasteiger partial charge is 0.254 e. The Morgan fingerprint density at radius 1 is 0.973 bits per heavy atom. The number of anilines is 1. The molecule has 192 valence electrons. The van der Waals surface area contributed by atoms with E-state index in [-0.39, 0.29) is 17.9 Å². The molecule has 1 aliphatic heterocycles. The van der Waals surface area contributed by atoms with E-state index in [0.29, 0.717) is 37.4 Å². The molecule has 2 heterocycles. The van der Waals surface area contributed by atoms with Gasteiger partial charge >= 0.3 is 0 Å². The van der Waals surface area contributed by atoms with Gasteiger partial charge < -0.3 is 19.3 Å². The highest BCUT2D eigenvalue weighted by Gasteiger charge is 2.24. The van der Waals surface area contributed by atoms with E-state index in [1.165, 1.54) is 12.8 Å². The number of hydrogen-bond donors (Lipinski definition) is 0. The third-order valence-corrected chi connectivity index (χ3v) is 7.09. The third-order valence-electron chi connectivity index (χ3n) is 7.09. The van der Waals surface area contributed by atoms with Crippen LogP contribution < -0.4 is 14.4 Å². The van der Waals surface area contributed by atoms with Gasteiger partial charge in [0.15, 0.2) is 11.5 Å². The highest BCUT2D eigenvalue weighted by Crippen LogP contribution is 2.33. The van der Waals surface area contributed by atoms with Crippen LogP contribution in [0.25, 0.3) is 0 Å². The van der Waals surface area contributed by atoms with E-state index < -0.39 is 0 Å². The summed E-state index contributed by atoms with van der Waals surface area (Å²) in [7, 11) is 1.65. The molecule has 7 heteroatoms. The Morgan fingerprint density at radius 3 is 2.49 bits per heavy atom. The van der Waals surface area contributed by atoms with Crippen molar-refractivity contribution in [2.45, 2.75) is 57.7 Å². The first-order valence-electron chi connectivity index (χ1n) is 13.0. The zero-order chi connectivity index (χ0) is 25.6. The Labute approximate surface area is 218 Å². The molecule has 2 fully saturated rings. The highest BCUT2D eigenvalue weighted by atomic mass is 16.5. The van der Waals surface area contributed by atoms with Gasteiger partial charge in [0, 0.05) is 49.7 Å². The minimum Gasteiger partial charge on any atom is -0.493 e. The number of pyridine rings is 1. The first-order chi connectivity index (χ1) is 18.1. The number of amides is 2. The summed E-state index contributed by atoms with van der Waals surface area (Å²) in [4.78, 5) is 33.8. The molecule has 2 amide bonds. The number of aromatic nitrogens is 1. The number of carbonyl (C=O) groups is 2. The van der Waals surface area contributed by atoms with Gasteiger partial charge in [0.25, 0.3) is 5.91 Å². The molecule has 1 aromatic heterocycles. The average Bonchev–Trinajstić information content (AvgIpc) is 3.60. The van der Waals surface area contributed by atoms with Gasteiger partial charge in [0.2, 0.25) is 5.91 Å². The van der Waals surface area contributed by atoms with E-state index in [9.17, 15) is 9.59 Å². The van der Waals surface area contributed by atoms with Crippen LogP contribution in [0.4, 0.5) is 5.69 Å². The summed E-state index contributed by atoms with van der Waals surface area (Å²) in [5, 5.41) is 0. The molecule has 3 aromatic rings. The Balaban J connectivity index is 1.42. The number of rotatable bonds is 9. The zero-order valence-corrected chi connectivity index (χ0v) is 21.3. The van der Waals surface area contributed by atoms with Gasteiger partial charge in [-0.15, -0.1) is 0 Å². The summed E-state index contributed by atoms with van der Waals surface area (Å²) in [6.45, 7) is 1.52. The van der Waals surface area contributed by atoms with Crippen molar-refractivity contribution in [2.75, 3.05) is 18.6 Å². The summed E-state index contributed by atoms with van der Waals surface area (Å²) in [6, 6.07) is 17.1. The van der Waals surface area contributed by atoms with Gasteiger partial charge in [0.05, 0.1) is 13.2 Å². The largest absolute Gasteiger partial charge is 0.493 e. The predicted octanol–water partition coefficient (Wildman–Crippen LogP) is 5.38. The zero-order valence-electron chi connectivity index (χ0n) is 21.3. The van der Waals surface area contributed by atoms with Crippen molar-refractivity contribution in [3.63, 3.8) is 0 Å². The lowest BCUT2D eigenvalue weighted by molar-refractivity contribution is -0.117. The molecule has 1 aliphatic carbocycles. The van der Waals surface area contributed by atoms with Crippen molar-refractivity contribution >= 4 is 17.5 Å². The molecule has 0 radical (unpaired) electrons. The van der Waals surface area contributed by atoms with Crippen LogP contribution in [0.15, 0.2) is 67.0 Å². The van der Waals surface area contributed by atoms with Crippen LogP contribution >= 0.6 is 0 Å². The van der Waals surface area contributed by atoms with Crippen LogP contribution in [0.2, 0.25) is 0 Å². The van der Waals surface area contributed by atoms with Gasteiger partial charge in [-0.1, -0.05) is 12.1 Å². The van der Waals surface area contributed by atoms with Crippen LogP contribution in [0, 0.1) is 0 Å². The molecule has 2 aromatic carbocycles. The Hall–Kier alpha value is -3.87. The number of benzene rings is 2. The Morgan fingerprint density at radius 2 is 1.76 bits per heavy atom. The Bertz CT molecular complexity index is 1240. The number of hydrogen-bond acceptors (Lipinski definition) is 5. The standard InChI is InChI=1S/C30H33N3O4/c1-36-27-12-11-23(18-28(27)37-26-8-2-3-9-26)21-32(20-22-13-15-31-16-14-22)30(35)24-6-4-7-25(19-24)33-17-5-10-29(33)34/h4,6-7,11-16,18-19,26H,2-3,5,8-10,17,20-21H2,1H3. The van der Waals surface area contributed by atoms with E-state index in [4.69, 9.17) is 9.47 Å². The maximum atomic E-state index is 13.8. The van der Waals surface area contributed by atoms with Gasteiger partial charge in [-0.3, -0.25) is 14.6 Å². The molecule has 0 N–H and O–H groups in total. The minimum atomic E-state index is -0.0978. The van der Waals surface area contributed by atoms with Gasteiger partial charge in [0.1, 0.15) is 0 Å². The van der Waals surface area contributed by atoms with Crippen LogP contribution in [-0.4, -0.2) is 41.5 Å². The molecule has 2 aliphatic rings. The molecule has 1 saturated carbocycles. The normalized spacial score (nSPS) is 15.7. The van der Waals surface area contributed by atoms with Gasteiger partial charge in [-0.2, -0.15) is 0 Å². The highest BCUT2D eigenvalue weighted by molar-refractivity contribution is 5.99. The van der Waals surface area contributed by atoms with Crippen molar-refractivity contribution in [2.24, 2.45) is 0 Å². The first kappa shape index (κ1) is 24.8. The molecule has 1 saturated heterocycles. The summed E-state index contributed by atoms with van der Waals surface area (Å²) >= 11 is 0. The monoisotopic (exact) mass is 499 g/mol. The molecule has 0 unspecified atom stereocenters. The molecule has 5 rings (SSSR count). The minimum absolute atomic E-state index is 0.0978. The number of ether oxygens (including phenoxy) is 2. The number of nitrogens with zero attached hydrogens (tertiary/aromatic N) is 3. The van der Waals surface area contributed by atoms with Crippen molar-refractivity contribution in [3.05, 3.63) is 83.7 Å². The average molecular weight is 500 g/mol. The fourth-order valence-electron chi connectivity index (χ4n) is 5.14. The quantitative estimate of drug-likeness (QED) is 0.395. The van der Waals surface area contributed by atoms with Crippen molar-refractivity contribution < 1.29 is 19.1 Å². The summed E-state index contributed by atoms with van der Waals surface area (Å²) in [5.41, 5.74) is 3.28. The van der Waals surface area contributed by atoms with Crippen LogP contribution in [0.3, 0.4) is 0 Å². The maximum absolute atomic E-state index is 13.8. The fraction of sp³-hybridized carbons (Fsp3) is 0.367. The summed E-state index contributed by atoms with van der Waals surface area (Å²) < 4.78 is 11.8. The predicted molar refractivity (Wildman–Crippen MR) is 142 cm³/mol. The topological polar surface area (TPSA) is 72.0 Å². The van der Waals surface area contributed by atoms with E-state index >= 15 is 0 Å². The molecule has 37 heavy (non-hydrogen) atoms. The lowest BCUT2D eigenvalue weighted by Crippen LogP contribution is -2.30. The van der Waals surface area contributed by atoms with Crippen LogP contribution in [0.1, 0.15) is 60.0 Å². The second kappa shape index (κ2) is 11.5. The van der Waals surface area contributed by atoms with Crippen molar-refractivity contribution in [3.8, 4) is 11.5 Å². The maximum Gasteiger partial charge on any atom is 0.254 e. The van der Waals surface area contributed by atoms with Gasteiger partial charge in [-0.25, -0.2) is 0 Å². The molecule has 0 atom stereocenters. The summed E-state index contributed by atoms with van der Waals surface area (Å²) in [5.74, 6) is 1.43. The molecule has 0 spiro atoms. The molecule has 0 bridgehead atoms. The lowest BCUT2D eigenvalue weighted by atomic mass is 10.1. The van der Waals surface area contributed by atoms with Crippen molar-refractivity contribution in [1.29, 1.82) is 0 Å². The summed E-state index contributed by atoms with van der Waals surface area (Å²) in [6.07, 6.45) is 9.53. The van der Waals surface area contributed by atoms with E-state index in [1.54, 1.807) is 24.4 Å². The molecular formula is C30H33N3O4. The SMILES string of the molecule is COc1ccc(CN(Cc2ccncc2)C(=O)c2cccc(N3CCCC3=O)c2)cc1OC1CCCC1. The first-order valence-corrected chi connectivity index (χ1v) is 13.0. The Kier molecular flexibility index (Phi) is 7.68. The van der Waals surface area contributed by atoms with E-state index in [2.05, 4.69) is 4.98 Å². The fourth-order valence-corrected chi connectivity index (χ4v) is 5.14. The van der Waals surface area contributed by atoms with E-state index in [1.807, 2.05) is 59.5 Å². The second-order valence-corrected chi connectivity index (χ2v) is 9.73. The van der Waals surface area contributed by atoms with Crippen LogP contribution in [-0.2, 0) is 17.9 Å². The van der Waals surface area contributed by atoms with Gasteiger partial charge in [-0.05, 0) is 85.7 Å².